The summed E-state index contributed by atoms with van der Waals surface area (Å²) in [6.07, 6.45) is 4.35. The minimum Gasteiger partial charge on any atom is -0.382 e. The van der Waals surface area contributed by atoms with Gasteiger partial charge in [-0.3, -0.25) is 0 Å². The topological polar surface area (TPSA) is 36.9 Å². The van der Waals surface area contributed by atoms with E-state index in [2.05, 4.69) is 0 Å². The highest BCUT2D eigenvalue weighted by molar-refractivity contribution is 4.57. The molecular formula is C11H22O4. The second-order valence-corrected chi connectivity index (χ2v) is 3.77. The third kappa shape index (κ3) is 5.47. The van der Waals surface area contributed by atoms with Gasteiger partial charge in [0.1, 0.15) is 0 Å². The van der Waals surface area contributed by atoms with Crippen LogP contribution in [0.5, 0.6) is 0 Å². The summed E-state index contributed by atoms with van der Waals surface area (Å²) in [5.41, 5.74) is 0. The Hall–Kier alpha value is -0.160. The fraction of sp³-hybridized carbons (Fsp3) is 1.00. The van der Waals surface area contributed by atoms with Gasteiger partial charge in [0.05, 0.1) is 19.3 Å². The van der Waals surface area contributed by atoms with Crippen molar-refractivity contribution in [2.45, 2.75) is 38.1 Å². The SMILES string of the molecule is COCC(CCOC1CCCCO1)OC. The molecule has 1 saturated heterocycles. The van der Waals surface area contributed by atoms with Gasteiger partial charge in [0.25, 0.3) is 0 Å². The van der Waals surface area contributed by atoms with Crippen LogP contribution >= 0.6 is 0 Å². The van der Waals surface area contributed by atoms with E-state index in [-0.39, 0.29) is 12.4 Å². The van der Waals surface area contributed by atoms with Gasteiger partial charge in [0.2, 0.25) is 0 Å². The lowest BCUT2D eigenvalue weighted by molar-refractivity contribution is -0.166. The minimum atomic E-state index is -0.00111. The molecule has 0 radical (unpaired) electrons. The third-order valence-electron chi connectivity index (χ3n) is 2.57. The van der Waals surface area contributed by atoms with Gasteiger partial charge >= 0.3 is 0 Å². The van der Waals surface area contributed by atoms with Crippen molar-refractivity contribution in [1.82, 2.24) is 0 Å². The monoisotopic (exact) mass is 218 g/mol. The molecule has 0 spiro atoms. The molecule has 1 aliphatic rings. The zero-order valence-electron chi connectivity index (χ0n) is 9.74. The Morgan fingerprint density at radius 1 is 1.33 bits per heavy atom. The smallest absolute Gasteiger partial charge is 0.157 e. The van der Waals surface area contributed by atoms with Crippen LogP contribution in [0.1, 0.15) is 25.7 Å². The molecule has 0 aromatic rings. The lowest BCUT2D eigenvalue weighted by Crippen LogP contribution is -2.25. The Balaban J connectivity index is 2.03. The van der Waals surface area contributed by atoms with Crippen LogP contribution in [0.25, 0.3) is 0 Å². The molecule has 0 aliphatic carbocycles. The van der Waals surface area contributed by atoms with Crippen molar-refractivity contribution in [3.05, 3.63) is 0 Å². The van der Waals surface area contributed by atoms with E-state index in [4.69, 9.17) is 18.9 Å². The van der Waals surface area contributed by atoms with Crippen LogP contribution in [-0.4, -0.2) is 46.4 Å². The quantitative estimate of drug-likeness (QED) is 0.650. The van der Waals surface area contributed by atoms with E-state index >= 15 is 0 Å². The van der Waals surface area contributed by atoms with Crippen LogP contribution in [0.4, 0.5) is 0 Å². The molecule has 1 heterocycles. The Morgan fingerprint density at radius 2 is 2.20 bits per heavy atom. The van der Waals surface area contributed by atoms with Gasteiger partial charge in [0.15, 0.2) is 6.29 Å². The summed E-state index contributed by atoms with van der Waals surface area (Å²) in [6.45, 7) is 2.12. The average Bonchev–Trinajstić information content (AvgIpc) is 2.29. The second kappa shape index (κ2) is 8.05. The number of hydrogen-bond acceptors (Lipinski definition) is 4. The van der Waals surface area contributed by atoms with Crippen LogP contribution in [0, 0.1) is 0 Å². The van der Waals surface area contributed by atoms with Gasteiger partial charge in [0, 0.05) is 20.8 Å². The first-order valence-electron chi connectivity index (χ1n) is 5.61. The standard InChI is InChI=1S/C11H22O4/c1-12-9-10(13-2)6-8-15-11-5-3-4-7-14-11/h10-11H,3-9H2,1-2H3. The van der Waals surface area contributed by atoms with Crippen molar-refractivity contribution in [2.24, 2.45) is 0 Å². The minimum absolute atomic E-state index is 0.00111. The zero-order valence-corrected chi connectivity index (χ0v) is 9.74. The van der Waals surface area contributed by atoms with Crippen LogP contribution in [0.15, 0.2) is 0 Å². The molecule has 1 fully saturated rings. The summed E-state index contributed by atoms with van der Waals surface area (Å²) in [4.78, 5) is 0. The van der Waals surface area contributed by atoms with Crippen LogP contribution in [-0.2, 0) is 18.9 Å². The van der Waals surface area contributed by atoms with Crippen LogP contribution in [0.3, 0.4) is 0 Å². The summed E-state index contributed by atoms with van der Waals surface area (Å²) in [6, 6.07) is 0. The summed E-state index contributed by atoms with van der Waals surface area (Å²) >= 11 is 0. The van der Waals surface area contributed by atoms with Crippen molar-refractivity contribution in [2.75, 3.05) is 34.0 Å². The normalized spacial score (nSPS) is 24.0. The molecule has 2 atom stereocenters. The zero-order chi connectivity index (χ0) is 10.9. The Bertz CT molecular complexity index is 141. The Morgan fingerprint density at radius 3 is 2.80 bits per heavy atom. The molecule has 0 aromatic carbocycles. The molecule has 1 rings (SSSR count). The summed E-state index contributed by atoms with van der Waals surface area (Å²) in [5.74, 6) is 0. The molecule has 1 aliphatic heterocycles. The van der Waals surface area contributed by atoms with Crippen LogP contribution in [0.2, 0.25) is 0 Å². The lowest BCUT2D eigenvalue weighted by atomic mass is 10.2. The van der Waals surface area contributed by atoms with Gasteiger partial charge in [-0.1, -0.05) is 0 Å². The molecule has 4 nitrogen and oxygen atoms in total. The van der Waals surface area contributed by atoms with Gasteiger partial charge in [-0.2, -0.15) is 0 Å². The predicted molar refractivity (Wildman–Crippen MR) is 56.8 cm³/mol. The summed E-state index contributed by atoms with van der Waals surface area (Å²) in [5, 5.41) is 0. The Kier molecular flexibility index (Phi) is 6.92. The molecule has 15 heavy (non-hydrogen) atoms. The fourth-order valence-corrected chi connectivity index (χ4v) is 1.63. The number of methoxy groups -OCH3 is 2. The van der Waals surface area contributed by atoms with E-state index in [1.165, 1.54) is 6.42 Å². The lowest BCUT2D eigenvalue weighted by Gasteiger charge is -2.23. The van der Waals surface area contributed by atoms with Crippen molar-refractivity contribution in [3.63, 3.8) is 0 Å². The van der Waals surface area contributed by atoms with E-state index in [1.807, 2.05) is 0 Å². The molecule has 0 saturated carbocycles. The second-order valence-electron chi connectivity index (χ2n) is 3.77. The van der Waals surface area contributed by atoms with Crippen molar-refractivity contribution >= 4 is 0 Å². The highest BCUT2D eigenvalue weighted by atomic mass is 16.7. The van der Waals surface area contributed by atoms with Crippen molar-refractivity contribution in [3.8, 4) is 0 Å². The maximum atomic E-state index is 5.60. The average molecular weight is 218 g/mol. The summed E-state index contributed by atoms with van der Waals surface area (Å²) < 4.78 is 21.3. The first-order chi connectivity index (χ1) is 7.36. The predicted octanol–water partition coefficient (Wildman–Crippen LogP) is 1.58. The fourth-order valence-electron chi connectivity index (χ4n) is 1.63. The molecule has 90 valence electrons. The number of rotatable bonds is 7. The first kappa shape index (κ1) is 12.9. The first-order valence-corrected chi connectivity index (χ1v) is 5.61. The number of hydrogen-bond donors (Lipinski definition) is 0. The van der Waals surface area contributed by atoms with Crippen LogP contribution < -0.4 is 0 Å². The largest absolute Gasteiger partial charge is 0.382 e. The van der Waals surface area contributed by atoms with E-state index in [0.717, 1.165) is 25.9 Å². The van der Waals surface area contributed by atoms with E-state index < -0.39 is 0 Å². The highest BCUT2D eigenvalue weighted by Crippen LogP contribution is 2.14. The molecular weight excluding hydrogens is 196 g/mol. The molecule has 2 unspecified atom stereocenters. The molecule has 0 N–H and O–H groups in total. The van der Waals surface area contributed by atoms with Crippen molar-refractivity contribution in [1.29, 1.82) is 0 Å². The van der Waals surface area contributed by atoms with Gasteiger partial charge in [-0.05, 0) is 25.7 Å². The molecule has 0 bridgehead atoms. The van der Waals surface area contributed by atoms with E-state index in [0.29, 0.717) is 13.2 Å². The van der Waals surface area contributed by atoms with Gasteiger partial charge < -0.3 is 18.9 Å². The maximum absolute atomic E-state index is 5.60. The van der Waals surface area contributed by atoms with E-state index in [1.54, 1.807) is 14.2 Å². The van der Waals surface area contributed by atoms with Gasteiger partial charge in [-0.25, -0.2) is 0 Å². The number of ether oxygens (including phenoxy) is 4. The van der Waals surface area contributed by atoms with E-state index in [9.17, 15) is 0 Å². The highest BCUT2D eigenvalue weighted by Gasteiger charge is 2.14. The Labute approximate surface area is 91.8 Å². The molecule has 0 aromatic heterocycles. The third-order valence-corrected chi connectivity index (χ3v) is 2.57. The maximum Gasteiger partial charge on any atom is 0.157 e. The summed E-state index contributed by atoms with van der Waals surface area (Å²) in [7, 11) is 3.37. The molecule has 4 heteroatoms. The van der Waals surface area contributed by atoms with Gasteiger partial charge in [-0.15, -0.1) is 0 Å². The molecule has 0 amide bonds. The van der Waals surface area contributed by atoms with Crippen molar-refractivity contribution < 1.29 is 18.9 Å².